The predicted octanol–water partition coefficient (Wildman–Crippen LogP) is -4.49. The molecule has 0 bridgehead atoms. The molecule has 0 aromatic heterocycles. The van der Waals surface area contributed by atoms with E-state index in [1.807, 2.05) is 0 Å². The quantitative estimate of drug-likeness (QED) is 0.194. The van der Waals surface area contributed by atoms with Gasteiger partial charge in [-0.25, -0.2) is 19.2 Å². The molecule has 136 valence electrons. The van der Waals surface area contributed by atoms with Crippen LogP contribution in [0.25, 0.3) is 0 Å². The standard InChI is InChI=1S/C15H16O10.K/c1-21-11(16)6-7(12(17)22-2)9(14(19)24-4)10(15(20)25-5)8(6)13(18)23-3;/h16H,1-5H3;/q;+1/p-1. The molecule has 1 aliphatic carbocycles. The molecule has 0 N–H and O–H groups in total. The van der Waals surface area contributed by atoms with Crippen molar-refractivity contribution in [2.45, 2.75) is 0 Å². The van der Waals surface area contributed by atoms with Gasteiger partial charge in [0.2, 0.25) is 0 Å². The molecule has 0 aliphatic heterocycles. The second-order valence-electron chi connectivity index (χ2n) is 4.33. The second-order valence-corrected chi connectivity index (χ2v) is 4.33. The Bertz CT molecular complexity index is 675. The van der Waals surface area contributed by atoms with Gasteiger partial charge in [0, 0.05) is 5.57 Å². The molecule has 0 atom stereocenters. The van der Waals surface area contributed by atoms with E-state index in [0.717, 1.165) is 35.5 Å². The molecular weight excluding hydrogens is 379 g/mol. The summed E-state index contributed by atoms with van der Waals surface area (Å²) in [7, 11) is 4.90. The van der Waals surface area contributed by atoms with Crippen molar-refractivity contribution < 1.29 is 99.4 Å². The van der Waals surface area contributed by atoms with E-state index in [2.05, 4.69) is 23.7 Å². The fourth-order valence-corrected chi connectivity index (χ4v) is 2.16. The average molecular weight is 394 g/mol. The van der Waals surface area contributed by atoms with E-state index < -0.39 is 57.7 Å². The van der Waals surface area contributed by atoms with Crippen molar-refractivity contribution in [2.24, 2.45) is 0 Å². The van der Waals surface area contributed by atoms with Crippen LogP contribution in [-0.4, -0.2) is 59.4 Å². The zero-order chi connectivity index (χ0) is 19.3. The second kappa shape index (κ2) is 10.5. The van der Waals surface area contributed by atoms with Gasteiger partial charge >= 0.3 is 75.3 Å². The minimum absolute atomic E-state index is 0. The van der Waals surface area contributed by atoms with Crippen LogP contribution in [0.4, 0.5) is 0 Å². The summed E-state index contributed by atoms with van der Waals surface area (Å²) in [6.07, 6.45) is 0. The maximum absolute atomic E-state index is 12.1. The number of hydrogen-bond acceptors (Lipinski definition) is 10. The summed E-state index contributed by atoms with van der Waals surface area (Å²) in [6.45, 7) is 0. The summed E-state index contributed by atoms with van der Waals surface area (Å²) in [5.74, 6) is -5.83. The number of hydrogen-bond donors (Lipinski definition) is 0. The first kappa shape index (κ1) is 24.3. The smallest absolute Gasteiger partial charge is 0.616 e. The first-order valence-electron chi connectivity index (χ1n) is 6.58. The van der Waals surface area contributed by atoms with Crippen molar-refractivity contribution in [3.63, 3.8) is 0 Å². The van der Waals surface area contributed by atoms with Gasteiger partial charge in [0.15, 0.2) is 0 Å². The molecule has 0 radical (unpaired) electrons. The van der Waals surface area contributed by atoms with Crippen molar-refractivity contribution in [3.8, 4) is 0 Å². The van der Waals surface area contributed by atoms with Gasteiger partial charge in [0.05, 0.1) is 56.7 Å². The van der Waals surface area contributed by atoms with Crippen molar-refractivity contribution in [1.82, 2.24) is 0 Å². The fourth-order valence-electron chi connectivity index (χ4n) is 2.16. The minimum Gasteiger partial charge on any atom is -0.616 e. The van der Waals surface area contributed by atoms with Crippen molar-refractivity contribution >= 4 is 23.9 Å². The summed E-state index contributed by atoms with van der Waals surface area (Å²) in [4.78, 5) is 48.6. The molecule has 26 heavy (non-hydrogen) atoms. The summed E-state index contributed by atoms with van der Waals surface area (Å²) in [5, 5.41) is 12.1. The zero-order valence-corrected chi connectivity index (χ0v) is 18.2. The van der Waals surface area contributed by atoms with Crippen LogP contribution in [0.5, 0.6) is 0 Å². The van der Waals surface area contributed by atoms with Crippen molar-refractivity contribution in [1.29, 1.82) is 0 Å². The van der Waals surface area contributed by atoms with Gasteiger partial charge in [0.1, 0.15) is 0 Å². The fraction of sp³-hybridized carbons (Fsp3) is 0.333. The molecule has 0 fully saturated rings. The van der Waals surface area contributed by atoms with Crippen LogP contribution < -0.4 is 56.5 Å². The van der Waals surface area contributed by atoms with E-state index >= 15 is 0 Å². The minimum atomic E-state index is -1.17. The topological polar surface area (TPSA) is 137 Å². The van der Waals surface area contributed by atoms with Gasteiger partial charge in [0.25, 0.3) is 0 Å². The van der Waals surface area contributed by atoms with Crippen LogP contribution in [0, 0.1) is 0 Å². The summed E-state index contributed by atoms with van der Waals surface area (Å²) >= 11 is 0. The molecule has 0 amide bonds. The molecular formula is C15H15KO10. The third-order valence-electron chi connectivity index (χ3n) is 3.20. The number of carbonyl (C=O) groups is 4. The largest absolute Gasteiger partial charge is 1.00 e. The molecule has 0 aromatic carbocycles. The van der Waals surface area contributed by atoms with Crippen molar-refractivity contribution in [3.05, 3.63) is 33.8 Å². The molecule has 10 nitrogen and oxygen atoms in total. The Morgan fingerprint density at radius 1 is 0.577 bits per heavy atom. The first-order chi connectivity index (χ1) is 11.8. The van der Waals surface area contributed by atoms with E-state index in [-0.39, 0.29) is 51.4 Å². The van der Waals surface area contributed by atoms with E-state index in [4.69, 9.17) is 0 Å². The van der Waals surface area contributed by atoms with Gasteiger partial charge in [-0.1, -0.05) is 0 Å². The van der Waals surface area contributed by atoms with Gasteiger partial charge in [-0.05, 0) is 7.11 Å². The molecule has 11 heteroatoms. The maximum Gasteiger partial charge on any atom is 1.00 e. The number of esters is 4. The zero-order valence-electron chi connectivity index (χ0n) is 15.1. The Morgan fingerprint density at radius 2 is 0.846 bits per heavy atom. The number of carbonyl (C=O) groups excluding carboxylic acids is 4. The SMILES string of the molecule is COC(=O)C1=C(C(=O)OC)C(C(=O)OC)=C(C(=O)OC)C1=C([O-])OC.[K+]. The van der Waals surface area contributed by atoms with Crippen LogP contribution in [0.15, 0.2) is 33.8 Å². The van der Waals surface area contributed by atoms with E-state index in [1.165, 1.54) is 0 Å². The van der Waals surface area contributed by atoms with Gasteiger partial charge in [-0.3, -0.25) is 0 Å². The Morgan fingerprint density at radius 3 is 1.08 bits per heavy atom. The Labute approximate surface area is 191 Å². The number of methoxy groups -OCH3 is 5. The number of ether oxygens (including phenoxy) is 5. The number of rotatable bonds is 5. The summed E-state index contributed by atoms with van der Waals surface area (Å²) < 4.78 is 22.7. The molecule has 0 saturated carbocycles. The average Bonchev–Trinajstić information content (AvgIpc) is 3.00. The first-order valence-corrected chi connectivity index (χ1v) is 6.58. The van der Waals surface area contributed by atoms with Crippen LogP contribution in [0.1, 0.15) is 0 Å². The maximum atomic E-state index is 12.1. The Kier molecular flexibility index (Phi) is 9.81. The van der Waals surface area contributed by atoms with E-state index in [9.17, 15) is 24.3 Å². The molecule has 0 aromatic rings. The van der Waals surface area contributed by atoms with E-state index in [1.54, 1.807) is 0 Å². The summed E-state index contributed by atoms with van der Waals surface area (Å²) in [5.41, 5.74) is -3.32. The van der Waals surface area contributed by atoms with Crippen LogP contribution in [-0.2, 0) is 42.9 Å². The molecule has 0 spiro atoms. The third kappa shape index (κ3) is 4.35. The molecule has 0 unspecified atom stereocenters. The monoisotopic (exact) mass is 394 g/mol. The Hall–Kier alpha value is -1.66. The molecule has 1 rings (SSSR count). The Balaban J connectivity index is 0.00000625. The molecule has 0 saturated heterocycles. The van der Waals surface area contributed by atoms with Crippen molar-refractivity contribution in [2.75, 3.05) is 35.5 Å². The van der Waals surface area contributed by atoms with Gasteiger partial charge in [-0.2, -0.15) is 0 Å². The van der Waals surface area contributed by atoms with Gasteiger partial charge < -0.3 is 28.8 Å². The third-order valence-corrected chi connectivity index (χ3v) is 3.20. The van der Waals surface area contributed by atoms with Crippen LogP contribution >= 0.6 is 0 Å². The van der Waals surface area contributed by atoms with Crippen LogP contribution in [0.2, 0.25) is 0 Å². The van der Waals surface area contributed by atoms with Crippen LogP contribution in [0.3, 0.4) is 0 Å². The normalized spacial score (nSPS) is 12.9. The van der Waals surface area contributed by atoms with E-state index in [0.29, 0.717) is 0 Å². The molecule has 0 heterocycles. The van der Waals surface area contributed by atoms with Gasteiger partial charge in [-0.15, -0.1) is 0 Å². The molecule has 1 aliphatic rings. The predicted molar refractivity (Wildman–Crippen MR) is 76.2 cm³/mol. The summed E-state index contributed by atoms with van der Waals surface area (Å²) in [6, 6.07) is 0.